The summed E-state index contributed by atoms with van der Waals surface area (Å²) in [6, 6.07) is 3.41. The van der Waals surface area contributed by atoms with Crippen molar-refractivity contribution in [1.82, 2.24) is 0 Å². The van der Waals surface area contributed by atoms with Gasteiger partial charge < -0.3 is 10.1 Å². The van der Waals surface area contributed by atoms with Gasteiger partial charge in [-0.3, -0.25) is 4.79 Å². The molecule has 94 valence electrons. The van der Waals surface area contributed by atoms with Crippen LogP contribution in [0.2, 0.25) is 5.02 Å². The van der Waals surface area contributed by atoms with Crippen molar-refractivity contribution in [3.8, 4) is 5.75 Å². The minimum atomic E-state index is -0.0952. The summed E-state index contributed by atoms with van der Waals surface area (Å²) in [5.41, 5.74) is 0.588. The highest BCUT2D eigenvalue weighted by atomic mass is 79.9. The number of carbonyl (C=O) groups excluding carboxylic acids is 1. The summed E-state index contributed by atoms with van der Waals surface area (Å²) in [5, 5.41) is 3.34. The van der Waals surface area contributed by atoms with E-state index in [0.717, 1.165) is 4.47 Å². The molecule has 3 nitrogen and oxygen atoms in total. The molecule has 0 bridgehead atoms. The average molecular weight is 321 g/mol. The Bertz CT molecular complexity index is 421. The number of carbonyl (C=O) groups is 1. The van der Waals surface area contributed by atoms with Crippen LogP contribution in [0.1, 0.15) is 20.8 Å². The molecule has 0 heterocycles. The monoisotopic (exact) mass is 319 g/mol. The molecule has 0 saturated carbocycles. The first-order valence-corrected chi connectivity index (χ1v) is 6.55. The largest absolute Gasteiger partial charge is 0.491 e. The van der Waals surface area contributed by atoms with Crippen molar-refractivity contribution in [3.63, 3.8) is 0 Å². The maximum absolute atomic E-state index is 11.7. The molecule has 1 amide bonds. The Balaban J connectivity index is 3.07. The predicted octanol–water partition coefficient (Wildman–Crippen LogP) is 4.10. The number of hydrogen-bond donors (Lipinski definition) is 1. The van der Waals surface area contributed by atoms with Crippen LogP contribution in [-0.2, 0) is 4.79 Å². The Morgan fingerprint density at radius 2 is 2.18 bits per heavy atom. The number of hydrogen-bond acceptors (Lipinski definition) is 2. The molecule has 1 N–H and O–H groups in total. The highest BCUT2D eigenvalue weighted by molar-refractivity contribution is 9.10. The average Bonchev–Trinajstić information content (AvgIpc) is 2.22. The molecule has 0 atom stereocenters. The van der Waals surface area contributed by atoms with Gasteiger partial charge in [-0.15, -0.1) is 0 Å². The van der Waals surface area contributed by atoms with E-state index in [1.54, 1.807) is 12.1 Å². The van der Waals surface area contributed by atoms with Gasteiger partial charge in [0.25, 0.3) is 0 Å². The Hall–Kier alpha value is -0.740. The fourth-order valence-corrected chi connectivity index (χ4v) is 2.15. The molecule has 1 rings (SSSR count). The Kier molecular flexibility index (Phi) is 5.28. The Morgan fingerprint density at radius 1 is 1.53 bits per heavy atom. The van der Waals surface area contributed by atoms with Crippen LogP contribution >= 0.6 is 27.5 Å². The van der Waals surface area contributed by atoms with Crippen LogP contribution in [0.25, 0.3) is 0 Å². The smallest absolute Gasteiger partial charge is 0.227 e. The van der Waals surface area contributed by atoms with E-state index in [0.29, 0.717) is 23.1 Å². The zero-order valence-corrected chi connectivity index (χ0v) is 12.4. The van der Waals surface area contributed by atoms with E-state index >= 15 is 0 Å². The maximum Gasteiger partial charge on any atom is 0.227 e. The summed E-state index contributed by atoms with van der Waals surface area (Å²) in [6.45, 7) is 6.06. The van der Waals surface area contributed by atoms with E-state index < -0.39 is 0 Å². The van der Waals surface area contributed by atoms with Gasteiger partial charge in [-0.1, -0.05) is 25.4 Å². The second kappa shape index (κ2) is 6.26. The number of amides is 1. The predicted molar refractivity (Wildman–Crippen MR) is 73.8 cm³/mol. The lowest BCUT2D eigenvalue weighted by Gasteiger charge is -2.14. The fourth-order valence-electron chi connectivity index (χ4n) is 1.22. The molecule has 0 aliphatic heterocycles. The van der Waals surface area contributed by atoms with Crippen molar-refractivity contribution in [2.75, 3.05) is 11.9 Å². The molecule has 0 aliphatic rings. The quantitative estimate of drug-likeness (QED) is 0.907. The van der Waals surface area contributed by atoms with Crippen LogP contribution in [0.5, 0.6) is 5.75 Å². The molecule has 17 heavy (non-hydrogen) atoms. The van der Waals surface area contributed by atoms with E-state index in [-0.39, 0.29) is 11.8 Å². The molecular weight excluding hydrogens is 305 g/mol. The molecule has 0 unspecified atom stereocenters. The van der Waals surface area contributed by atoms with Gasteiger partial charge in [0.1, 0.15) is 0 Å². The zero-order valence-electron chi connectivity index (χ0n) is 10.0. The molecule has 0 fully saturated rings. The number of halogens is 2. The lowest BCUT2D eigenvalue weighted by molar-refractivity contribution is -0.118. The molecule has 1 aromatic carbocycles. The molecule has 0 saturated heterocycles. The van der Waals surface area contributed by atoms with Gasteiger partial charge in [0.2, 0.25) is 5.91 Å². The van der Waals surface area contributed by atoms with Crippen LogP contribution in [0.4, 0.5) is 5.69 Å². The lowest BCUT2D eigenvalue weighted by atomic mass is 10.2. The first-order chi connectivity index (χ1) is 7.95. The number of rotatable bonds is 4. The third-order valence-corrected chi connectivity index (χ3v) is 2.89. The molecule has 0 aliphatic carbocycles. The summed E-state index contributed by atoms with van der Waals surface area (Å²) in [4.78, 5) is 11.7. The summed E-state index contributed by atoms with van der Waals surface area (Å²) < 4.78 is 6.21. The van der Waals surface area contributed by atoms with E-state index in [4.69, 9.17) is 16.3 Å². The molecule has 1 aromatic rings. The normalized spacial score (nSPS) is 10.5. The van der Waals surface area contributed by atoms with Crippen molar-refractivity contribution >= 4 is 39.1 Å². The summed E-state index contributed by atoms with van der Waals surface area (Å²) in [7, 11) is 0. The van der Waals surface area contributed by atoms with Crippen molar-refractivity contribution in [2.45, 2.75) is 20.8 Å². The van der Waals surface area contributed by atoms with Gasteiger partial charge in [-0.05, 0) is 35.0 Å². The third-order valence-electron chi connectivity index (χ3n) is 2.08. The molecule has 0 radical (unpaired) electrons. The molecule has 5 heteroatoms. The van der Waals surface area contributed by atoms with E-state index in [1.165, 1.54) is 0 Å². The Labute approximate surface area is 115 Å². The van der Waals surface area contributed by atoms with Gasteiger partial charge in [0, 0.05) is 10.9 Å². The molecule has 0 spiro atoms. The first-order valence-electron chi connectivity index (χ1n) is 5.38. The van der Waals surface area contributed by atoms with Gasteiger partial charge in [-0.25, -0.2) is 0 Å². The first kappa shape index (κ1) is 14.3. The number of anilines is 1. The highest BCUT2D eigenvalue weighted by Gasteiger charge is 2.14. The summed E-state index contributed by atoms with van der Waals surface area (Å²) >= 11 is 9.31. The van der Waals surface area contributed by atoms with Crippen molar-refractivity contribution in [3.05, 3.63) is 21.6 Å². The summed E-state index contributed by atoms with van der Waals surface area (Å²) in [5.74, 6) is 0.438. The van der Waals surface area contributed by atoms with Crippen LogP contribution in [0, 0.1) is 5.92 Å². The van der Waals surface area contributed by atoms with Gasteiger partial charge >= 0.3 is 0 Å². The van der Waals surface area contributed by atoms with Crippen molar-refractivity contribution < 1.29 is 9.53 Å². The van der Waals surface area contributed by atoms with Crippen molar-refractivity contribution in [1.29, 1.82) is 0 Å². The van der Waals surface area contributed by atoms with Crippen LogP contribution in [0.15, 0.2) is 16.6 Å². The fraction of sp³-hybridized carbons (Fsp3) is 0.417. The van der Waals surface area contributed by atoms with Crippen LogP contribution in [-0.4, -0.2) is 12.5 Å². The lowest BCUT2D eigenvalue weighted by Crippen LogP contribution is -2.18. The van der Waals surface area contributed by atoms with Crippen molar-refractivity contribution in [2.24, 2.45) is 5.92 Å². The van der Waals surface area contributed by atoms with Gasteiger partial charge in [0.05, 0.1) is 16.8 Å². The number of ether oxygens (including phenoxy) is 1. The summed E-state index contributed by atoms with van der Waals surface area (Å²) in [6.07, 6.45) is 0. The second-order valence-corrected chi connectivity index (χ2v) is 5.13. The third kappa shape index (κ3) is 3.89. The molecular formula is C12H15BrClNO2. The minimum absolute atomic E-state index is 0.0693. The Morgan fingerprint density at radius 3 is 2.71 bits per heavy atom. The second-order valence-electron chi connectivity index (χ2n) is 3.84. The standard InChI is InChI=1S/C12H15BrClNO2/c1-4-17-11-9(13)5-8(14)6-10(11)15-12(16)7(2)3/h5-7H,4H2,1-3H3,(H,15,16). The minimum Gasteiger partial charge on any atom is -0.491 e. The van der Waals surface area contributed by atoms with Crippen LogP contribution in [0.3, 0.4) is 0 Å². The van der Waals surface area contributed by atoms with Crippen LogP contribution < -0.4 is 10.1 Å². The number of nitrogens with one attached hydrogen (secondary N) is 1. The SMILES string of the molecule is CCOc1c(Br)cc(Cl)cc1NC(=O)C(C)C. The topological polar surface area (TPSA) is 38.3 Å². The van der Waals surface area contributed by atoms with E-state index in [2.05, 4.69) is 21.2 Å². The van der Waals surface area contributed by atoms with Gasteiger partial charge in [0.15, 0.2) is 5.75 Å². The van der Waals surface area contributed by atoms with E-state index in [9.17, 15) is 4.79 Å². The van der Waals surface area contributed by atoms with Gasteiger partial charge in [-0.2, -0.15) is 0 Å². The number of benzene rings is 1. The molecule has 0 aromatic heterocycles. The highest BCUT2D eigenvalue weighted by Crippen LogP contribution is 2.36. The zero-order chi connectivity index (χ0) is 13.0. The van der Waals surface area contributed by atoms with E-state index in [1.807, 2.05) is 20.8 Å². The maximum atomic E-state index is 11.7.